The topological polar surface area (TPSA) is 95.5 Å². The highest BCUT2D eigenvalue weighted by molar-refractivity contribution is 5.75. The van der Waals surface area contributed by atoms with E-state index in [1.807, 2.05) is 23.1 Å². The molecule has 29 heavy (non-hydrogen) atoms. The zero-order valence-corrected chi connectivity index (χ0v) is 16.5. The van der Waals surface area contributed by atoms with Gasteiger partial charge in [-0.15, -0.1) is 0 Å². The van der Waals surface area contributed by atoms with Gasteiger partial charge >= 0.3 is 5.97 Å². The lowest BCUT2D eigenvalue weighted by Crippen LogP contribution is -2.40. The lowest BCUT2D eigenvalue weighted by atomic mass is 9.96. The number of nitrogens with two attached hydrogens (primary N) is 1. The van der Waals surface area contributed by atoms with Crippen molar-refractivity contribution in [2.45, 2.75) is 32.4 Å². The van der Waals surface area contributed by atoms with Crippen LogP contribution in [0.15, 0.2) is 42.7 Å². The molecule has 2 aromatic rings. The Hall–Kier alpha value is -3.09. The quantitative estimate of drug-likeness (QED) is 0.470. The van der Waals surface area contributed by atoms with Gasteiger partial charge in [0, 0.05) is 44.3 Å². The summed E-state index contributed by atoms with van der Waals surface area (Å²) >= 11 is 0. The number of piperidine rings is 1. The minimum absolute atomic E-state index is 0.0427. The molecule has 0 amide bonds. The monoisotopic (exact) mass is 393 g/mol. The van der Waals surface area contributed by atoms with Crippen LogP contribution in [0, 0.1) is 11.3 Å². The number of fused-ring (bicyclic) bond motifs is 1. The second kappa shape index (κ2) is 8.51. The van der Waals surface area contributed by atoms with Gasteiger partial charge in [0.2, 0.25) is 0 Å². The third kappa shape index (κ3) is 4.50. The summed E-state index contributed by atoms with van der Waals surface area (Å²) in [5, 5.41) is 7.63. The van der Waals surface area contributed by atoms with Gasteiger partial charge in [0.1, 0.15) is 6.61 Å². The number of nitrogens with one attached hydrogen (secondary N) is 1. The molecule has 0 spiro atoms. The first-order valence-electron chi connectivity index (χ1n) is 10.1. The largest absolute Gasteiger partial charge is 0.461 e. The third-order valence-electron chi connectivity index (χ3n) is 5.86. The first-order chi connectivity index (χ1) is 14.1. The number of rotatable bonds is 4. The normalized spacial score (nSPS) is 17.0. The Kier molecular flexibility index (Phi) is 5.64. The number of guanidine groups is 1. The van der Waals surface area contributed by atoms with Crippen LogP contribution in [-0.4, -0.2) is 41.4 Å². The fourth-order valence-electron chi connectivity index (χ4n) is 4.11. The number of nitrogens with zero attached hydrogens (tertiary/aromatic N) is 3. The summed E-state index contributed by atoms with van der Waals surface area (Å²) in [4.78, 5) is 20.7. The maximum Gasteiger partial charge on any atom is 0.309 e. The third-order valence-corrected chi connectivity index (χ3v) is 5.86. The number of pyridine rings is 1. The summed E-state index contributed by atoms with van der Waals surface area (Å²) in [7, 11) is 0. The van der Waals surface area contributed by atoms with E-state index in [1.54, 1.807) is 12.4 Å². The second-order valence-corrected chi connectivity index (χ2v) is 7.73. The molecule has 4 rings (SSSR count). The SMILES string of the molecule is N=C(N)N1CCc2ccc(COC(=O)C3CCN(c4ccncc4)CC3)cc2C1. The molecule has 1 aromatic carbocycles. The van der Waals surface area contributed by atoms with Crippen LogP contribution in [0.5, 0.6) is 0 Å². The van der Waals surface area contributed by atoms with Gasteiger partial charge < -0.3 is 20.3 Å². The summed E-state index contributed by atoms with van der Waals surface area (Å²) in [5.41, 5.74) is 10.2. The number of benzene rings is 1. The van der Waals surface area contributed by atoms with Gasteiger partial charge in [-0.05, 0) is 48.1 Å². The molecule has 1 saturated heterocycles. The molecule has 7 heteroatoms. The molecule has 0 saturated carbocycles. The summed E-state index contributed by atoms with van der Waals surface area (Å²) < 4.78 is 5.63. The van der Waals surface area contributed by atoms with E-state index in [2.05, 4.69) is 22.0 Å². The molecule has 1 aromatic heterocycles. The first kappa shape index (κ1) is 19.2. The lowest BCUT2D eigenvalue weighted by Gasteiger charge is -2.32. The molecular weight excluding hydrogens is 366 g/mol. The van der Waals surface area contributed by atoms with Crippen LogP contribution in [0.2, 0.25) is 0 Å². The number of esters is 1. The van der Waals surface area contributed by atoms with E-state index in [0.29, 0.717) is 6.54 Å². The Balaban J connectivity index is 1.29. The van der Waals surface area contributed by atoms with Gasteiger partial charge in [0.05, 0.1) is 5.92 Å². The molecule has 0 unspecified atom stereocenters. The number of carbonyl (C=O) groups excluding carboxylic acids is 1. The van der Waals surface area contributed by atoms with E-state index in [1.165, 1.54) is 5.56 Å². The smallest absolute Gasteiger partial charge is 0.309 e. The Bertz CT molecular complexity index is 878. The second-order valence-electron chi connectivity index (χ2n) is 7.73. The van der Waals surface area contributed by atoms with Crippen LogP contribution in [0.3, 0.4) is 0 Å². The summed E-state index contributed by atoms with van der Waals surface area (Å²) in [5.74, 6) is -0.0491. The molecule has 1 fully saturated rings. The van der Waals surface area contributed by atoms with E-state index in [4.69, 9.17) is 15.9 Å². The van der Waals surface area contributed by atoms with Crippen molar-refractivity contribution < 1.29 is 9.53 Å². The van der Waals surface area contributed by atoms with Crippen molar-refractivity contribution >= 4 is 17.6 Å². The van der Waals surface area contributed by atoms with Crippen molar-refractivity contribution in [3.05, 3.63) is 59.4 Å². The summed E-state index contributed by atoms with van der Waals surface area (Å²) in [6.45, 7) is 3.40. The van der Waals surface area contributed by atoms with Gasteiger partial charge in [-0.25, -0.2) is 0 Å². The van der Waals surface area contributed by atoms with E-state index < -0.39 is 0 Å². The van der Waals surface area contributed by atoms with Crippen molar-refractivity contribution in [3.63, 3.8) is 0 Å². The maximum absolute atomic E-state index is 12.5. The zero-order valence-electron chi connectivity index (χ0n) is 16.5. The number of anilines is 1. The van der Waals surface area contributed by atoms with E-state index in [0.717, 1.165) is 55.7 Å². The fraction of sp³-hybridized carbons (Fsp3) is 0.409. The van der Waals surface area contributed by atoms with E-state index in [9.17, 15) is 4.79 Å². The Morgan fingerprint density at radius 1 is 1.14 bits per heavy atom. The molecule has 0 atom stereocenters. The lowest BCUT2D eigenvalue weighted by molar-refractivity contribution is -0.150. The predicted octanol–water partition coefficient (Wildman–Crippen LogP) is 2.29. The number of ether oxygens (including phenoxy) is 1. The van der Waals surface area contributed by atoms with Crippen molar-refractivity contribution in [1.82, 2.24) is 9.88 Å². The maximum atomic E-state index is 12.5. The number of carbonyl (C=O) groups is 1. The molecular formula is C22H27N5O2. The number of hydrogen-bond donors (Lipinski definition) is 2. The number of aromatic nitrogens is 1. The van der Waals surface area contributed by atoms with Gasteiger partial charge in [-0.3, -0.25) is 15.2 Å². The van der Waals surface area contributed by atoms with Crippen molar-refractivity contribution in [1.29, 1.82) is 5.41 Å². The molecule has 0 bridgehead atoms. The number of hydrogen-bond acceptors (Lipinski definition) is 5. The van der Waals surface area contributed by atoms with Crippen LogP contribution in [0.25, 0.3) is 0 Å². The molecule has 3 heterocycles. The van der Waals surface area contributed by atoms with Gasteiger partial charge in [0.15, 0.2) is 5.96 Å². The van der Waals surface area contributed by atoms with Crippen LogP contribution in [0.1, 0.15) is 29.5 Å². The molecule has 0 radical (unpaired) electrons. The van der Waals surface area contributed by atoms with Crippen molar-refractivity contribution in [2.75, 3.05) is 24.5 Å². The molecule has 2 aliphatic heterocycles. The molecule has 2 aliphatic rings. The van der Waals surface area contributed by atoms with Crippen LogP contribution in [-0.2, 0) is 29.1 Å². The fourth-order valence-corrected chi connectivity index (χ4v) is 4.11. The van der Waals surface area contributed by atoms with Gasteiger partial charge in [0.25, 0.3) is 0 Å². The first-order valence-corrected chi connectivity index (χ1v) is 10.1. The Morgan fingerprint density at radius 2 is 1.90 bits per heavy atom. The van der Waals surface area contributed by atoms with E-state index >= 15 is 0 Å². The predicted molar refractivity (Wildman–Crippen MR) is 111 cm³/mol. The van der Waals surface area contributed by atoms with Gasteiger partial charge in [-0.1, -0.05) is 18.2 Å². The summed E-state index contributed by atoms with van der Waals surface area (Å²) in [6, 6.07) is 10.2. The minimum Gasteiger partial charge on any atom is -0.461 e. The standard InChI is InChI=1S/C22H27N5O2/c23-22(24)27-12-5-17-2-1-16(13-19(17)14-27)15-29-21(28)18-6-10-26(11-7-18)20-3-8-25-9-4-20/h1-4,8-9,13,18H,5-7,10-12,14-15H2,(H3,23,24). The van der Waals surface area contributed by atoms with Crippen LogP contribution >= 0.6 is 0 Å². The molecule has 7 nitrogen and oxygen atoms in total. The van der Waals surface area contributed by atoms with Gasteiger partial charge in [-0.2, -0.15) is 0 Å². The molecule has 152 valence electrons. The van der Waals surface area contributed by atoms with Crippen molar-refractivity contribution in [2.24, 2.45) is 11.7 Å². The Labute approximate surface area is 171 Å². The average molecular weight is 393 g/mol. The van der Waals surface area contributed by atoms with Crippen LogP contribution < -0.4 is 10.6 Å². The van der Waals surface area contributed by atoms with Crippen LogP contribution in [0.4, 0.5) is 5.69 Å². The molecule has 0 aliphatic carbocycles. The minimum atomic E-state index is -0.109. The average Bonchev–Trinajstić information content (AvgIpc) is 2.77. The van der Waals surface area contributed by atoms with Crippen molar-refractivity contribution in [3.8, 4) is 0 Å². The summed E-state index contributed by atoms with van der Waals surface area (Å²) in [6.07, 6.45) is 6.08. The highest BCUT2D eigenvalue weighted by Crippen LogP contribution is 2.25. The highest BCUT2D eigenvalue weighted by Gasteiger charge is 2.26. The molecule has 3 N–H and O–H groups in total. The Morgan fingerprint density at radius 3 is 2.62 bits per heavy atom. The van der Waals surface area contributed by atoms with E-state index in [-0.39, 0.29) is 24.5 Å². The highest BCUT2D eigenvalue weighted by atomic mass is 16.5. The zero-order chi connectivity index (χ0) is 20.2.